The molecule has 0 aliphatic carbocycles. The number of thiophene rings is 1. The second-order valence-electron chi connectivity index (χ2n) is 5.42. The Morgan fingerprint density at radius 3 is 2.95 bits per heavy atom. The molecule has 1 fully saturated rings. The summed E-state index contributed by atoms with van der Waals surface area (Å²) in [4.78, 5) is 2.39. The molecule has 5 nitrogen and oxygen atoms in total. The van der Waals surface area contributed by atoms with Crippen LogP contribution in [0.4, 0.5) is 0 Å². The first kappa shape index (κ1) is 14.8. The molecule has 0 spiro atoms. The van der Waals surface area contributed by atoms with Crippen molar-refractivity contribution in [3.05, 3.63) is 11.6 Å². The highest BCUT2D eigenvalue weighted by molar-refractivity contribution is 8.01. The summed E-state index contributed by atoms with van der Waals surface area (Å²) in [7, 11) is -1.45. The summed E-state index contributed by atoms with van der Waals surface area (Å²) in [6, 6.07) is 2.84. The zero-order valence-electron chi connectivity index (χ0n) is 11.5. The van der Waals surface area contributed by atoms with Crippen molar-refractivity contribution < 1.29 is 8.42 Å². The minimum absolute atomic E-state index is 0.210. The first-order valence-electron chi connectivity index (χ1n) is 6.65. The van der Waals surface area contributed by atoms with E-state index in [9.17, 15) is 8.42 Å². The molecule has 0 bridgehead atoms. The van der Waals surface area contributed by atoms with Gasteiger partial charge in [0.2, 0.25) is 10.0 Å². The summed E-state index contributed by atoms with van der Waals surface area (Å²) in [6.07, 6.45) is 1.07. The third kappa shape index (κ3) is 2.53. The highest BCUT2D eigenvalue weighted by Gasteiger charge is 2.39. The Morgan fingerprint density at radius 2 is 2.30 bits per heavy atom. The van der Waals surface area contributed by atoms with Gasteiger partial charge in [-0.3, -0.25) is 4.90 Å². The van der Waals surface area contributed by atoms with Gasteiger partial charge in [0.05, 0.1) is 10.3 Å². The van der Waals surface area contributed by atoms with E-state index >= 15 is 0 Å². The number of hydrogen-bond donors (Lipinski definition) is 2. The maximum atomic E-state index is 11.5. The number of primary sulfonamides is 1. The smallest absolute Gasteiger partial charge is 0.247 e. The van der Waals surface area contributed by atoms with Gasteiger partial charge in [0.25, 0.3) is 0 Å². The van der Waals surface area contributed by atoms with E-state index in [0.717, 1.165) is 28.5 Å². The lowest BCUT2D eigenvalue weighted by Crippen LogP contribution is -2.58. The quantitative estimate of drug-likeness (QED) is 0.851. The average molecular weight is 334 g/mol. The number of rotatable bonds is 2. The molecule has 1 aromatic heterocycles. The fourth-order valence-electron chi connectivity index (χ4n) is 2.92. The number of nitrogens with zero attached hydrogens (tertiary/aromatic N) is 1. The van der Waals surface area contributed by atoms with E-state index in [0.29, 0.717) is 12.1 Å². The van der Waals surface area contributed by atoms with Crippen LogP contribution >= 0.6 is 23.1 Å². The van der Waals surface area contributed by atoms with Crippen molar-refractivity contribution in [1.82, 2.24) is 10.2 Å². The number of sulfonamides is 1. The van der Waals surface area contributed by atoms with Crippen LogP contribution in [-0.2, 0) is 10.0 Å². The summed E-state index contributed by atoms with van der Waals surface area (Å²) in [5, 5.41) is 8.93. The molecule has 1 aromatic rings. The molecule has 0 aromatic carbocycles. The van der Waals surface area contributed by atoms with Crippen LogP contribution < -0.4 is 10.5 Å². The molecule has 2 aliphatic heterocycles. The van der Waals surface area contributed by atoms with Crippen molar-refractivity contribution >= 4 is 33.1 Å². The lowest BCUT2D eigenvalue weighted by Gasteiger charge is -2.45. The second-order valence-corrected chi connectivity index (χ2v) is 9.55. The monoisotopic (exact) mass is 333 g/mol. The number of nitrogens with two attached hydrogens (primary N) is 1. The maximum Gasteiger partial charge on any atom is 0.247 e. The molecule has 0 amide bonds. The van der Waals surface area contributed by atoms with Crippen molar-refractivity contribution in [3.8, 4) is 0 Å². The molecule has 3 unspecified atom stereocenters. The van der Waals surface area contributed by atoms with Gasteiger partial charge in [-0.05, 0) is 25.1 Å². The van der Waals surface area contributed by atoms with Crippen molar-refractivity contribution in [2.75, 3.05) is 19.3 Å². The number of piperazine rings is 1. The Kier molecular flexibility index (Phi) is 3.89. The van der Waals surface area contributed by atoms with E-state index in [4.69, 9.17) is 5.14 Å². The number of thioether (sulfide) groups is 1. The molecule has 2 aliphatic rings. The number of hydrogen-bond acceptors (Lipinski definition) is 6. The molecular weight excluding hydrogens is 314 g/mol. The molecular formula is C12H19N3O2S3. The predicted octanol–water partition coefficient (Wildman–Crippen LogP) is 1.22. The highest BCUT2D eigenvalue weighted by atomic mass is 32.3. The van der Waals surface area contributed by atoms with Gasteiger partial charge in [-0.25, -0.2) is 13.6 Å². The molecule has 3 N–H and O–H groups in total. The third-order valence-electron chi connectivity index (χ3n) is 4.07. The Morgan fingerprint density at radius 1 is 1.55 bits per heavy atom. The second kappa shape index (κ2) is 5.26. The summed E-state index contributed by atoms with van der Waals surface area (Å²) in [6.45, 7) is 3.22. The Bertz CT molecular complexity index is 613. The van der Waals surface area contributed by atoms with Gasteiger partial charge < -0.3 is 5.32 Å². The molecule has 1 saturated heterocycles. The highest BCUT2D eigenvalue weighted by Crippen LogP contribution is 2.45. The van der Waals surface area contributed by atoms with E-state index < -0.39 is 10.0 Å². The van der Waals surface area contributed by atoms with Crippen LogP contribution in [0, 0.1) is 0 Å². The van der Waals surface area contributed by atoms with Crippen LogP contribution in [0.15, 0.2) is 14.5 Å². The zero-order valence-corrected chi connectivity index (χ0v) is 13.9. The molecule has 3 heterocycles. The van der Waals surface area contributed by atoms with Crippen LogP contribution in [0.3, 0.4) is 0 Å². The van der Waals surface area contributed by atoms with E-state index in [2.05, 4.69) is 24.2 Å². The summed E-state index contributed by atoms with van der Waals surface area (Å²) in [5.41, 5.74) is 1.10. The van der Waals surface area contributed by atoms with Crippen molar-refractivity contribution in [2.24, 2.45) is 5.14 Å². The Balaban J connectivity index is 1.99. The van der Waals surface area contributed by atoms with E-state index in [1.54, 1.807) is 17.8 Å². The normalized spacial score (nSPS) is 30.9. The fraction of sp³-hybridized carbons (Fsp3) is 0.667. The van der Waals surface area contributed by atoms with Gasteiger partial charge >= 0.3 is 0 Å². The van der Waals surface area contributed by atoms with Crippen LogP contribution in [0.5, 0.6) is 0 Å². The van der Waals surface area contributed by atoms with Crippen molar-refractivity contribution in [1.29, 1.82) is 0 Å². The Hall–Kier alpha value is -0.120. The predicted molar refractivity (Wildman–Crippen MR) is 82.8 cm³/mol. The van der Waals surface area contributed by atoms with Crippen LogP contribution in [0.25, 0.3) is 0 Å². The minimum Gasteiger partial charge on any atom is -0.304 e. The van der Waals surface area contributed by atoms with Gasteiger partial charge in [0, 0.05) is 24.4 Å². The molecule has 8 heteroatoms. The van der Waals surface area contributed by atoms with Crippen molar-refractivity contribution in [3.63, 3.8) is 0 Å². The van der Waals surface area contributed by atoms with Crippen molar-refractivity contribution in [2.45, 2.75) is 39.9 Å². The summed E-state index contributed by atoms with van der Waals surface area (Å²) in [5.74, 6) is 0.988. The molecule has 112 valence electrons. The lowest BCUT2D eigenvalue weighted by molar-refractivity contribution is 0.126. The third-order valence-corrected chi connectivity index (χ3v) is 8.05. The van der Waals surface area contributed by atoms with E-state index in [-0.39, 0.29) is 10.3 Å². The first-order valence-corrected chi connectivity index (χ1v) is 10.0. The maximum absolute atomic E-state index is 11.5. The topological polar surface area (TPSA) is 75.4 Å². The van der Waals surface area contributed by atoms with Crippen LogP contribution in [-0.4, -0.2) is 44.7 Å². The summed E-state index contributed by atoms with van der Waals surface area (Å²) >= 11 is 3.04. The van der Waals surface area contributed by atoms with Gasteiger partial charge in [0.15, 0.2) is 0 Å². The van der Waals surface area contributed by atoms with Gasteiger partial charge in [0.1, 0.15) is 4.21 Å². The SMILES string of the molecule is CCC1CN(C)C2CSc3sc(S(N)(=O)=O)cc3C2N1. The largest absolute Gasteiger partial charge is 0.304 e. The van der Waals surface area contributed by atoms with Crippen LogP contribution in [0.2, 0.25) is 0 Å². The van der Waals surface area contributed by atoms with Crippen LogP contribution in [0.1, 0.15) is 24.9 Å². The van der Waals surface area contributed by atoms with E-state index in [1.165, 1.54) is 11.3 Å². The average Bonchev–Trinajstić information content (AvgIpc) is 2.82. The molecule has 0 saturated carbocycles. The number of fused-ring (bicyclic) bond motifs is 3. The van der Waals surface area contributed by atoms with Gasteiger partial charge in [-0.2, -0.15) is 0 Å². The van der Waals surface area contributed by atoms with E-state index in [1.807, 2.05) is 0 Å². The Labute approximate surface area is 128 Å². The summed E-state index contributed by atoms with van der Waals surface area (Å²) < 4.78 is 24.5. The zero-order chi connectivity index (χ0) is 14.5. The molecule has 20 heavy (non-hydrogen) atoms. The van der Waals surface area contributed by atoms with Gasteiger partial charge in [-0.1, -0.05) is 6.92 Å². The first-order chi connectivity index (χ1) is 9.40. The minimum atomic E-state index is -3.60. The fourth-order valence-corrected chi connectivity index (χ4v) is 6.59. The van der Waals surface area contributed by atoms with Gasteiger partial charge in [-0.15, -0.1) is 23.1 Å². The lowest BCUT2D eigenvalue weighted by atomic mass is 9.96. The number of nitrogens with one attached hydrogen (secondary N) is 1. The number of likely N-dealkylation sites (N-methyl/N-ethyl adjacent to an activating group) is 1. The molecule has 3 rings (SSSR count). The molecule has 3 atom stereocenters. The molecule has 0 radical (unpaired) electrons. The standard InChI is InChI=1S/C12H19N3O2S3/c1-3-7-5-15(2)9-6-18-12-8(11(9)14-7)4-10(19-12)20(13,16)17/h4,7,9,11,14H,3,5-6H2,1-2H3,(H2,13,16,17).